The predicted octanol–water partition coefficient (Wildman–Crippen LogP) is 2.83. The van der Waals surface area contributed by atoms with E-state index < -0.39 is 17.7 Å². The summed E-state index contributed by atoms with van der Waals surface area (Å²) in [7, 11) is 0. The fourth-order valence-electron chi connectivity index (χ4n) is 6.47. The van der Waals surface area contributed by atoms with E-state index >= 15 is 0 Å². The standard InChI is InChI=1S/C40H40N4O9/c45-33-15-13-31(32-14-16-35(47)43-37(32)33)34(46)22-41-19-17-25-9-11-26(12-10-25)38(49)42-29-18-20-44(23-29)36(48)24-53-30-8-4-7-28(21-30)40(52,39(50)51)27-5-2-1-3-6-27/h1-16,21,29,34,41,45-46,52H,17-20,22-24H2,(H,42,49)(H,43,47)(H,50,51)/t29-,34-,40-/m0/s1. The van der Waals surface area contributed by atoms with Crippen LogP contribution >= 0.6 is 0 Å². The number of hydrogen-bond donors (Lipinski definition) is 7. The molecule has 2 amide bonds. The van der Waals surface area contributed by atoms with Crippen LogP contribution in [0.3, 0.4) is 0 Å². The molecule has 274 valence electrons. The number of phenols is 1. The number of fused-ring (bicyclic) bond motifs is 1. The van der Waals surface area contributed by atoms with Crippen molar-refractivity contribution >= 4 is 28.7 Å². The van der Waals surface area contributed by atoms with Crippen molar-refractivity contribution in [3.63, 3.8) is 0 Å². The topological polar surface area (TPSA) is 202 Å². The van der Waals surface area contributed by atoms with Crippen molar-refractivity contribution in [1.29, 1.82) is 0 Å². The summed E-state index contributed by atoms with van der Waals surface area (Å²) in [6, 6.07) is 27.0. The number of H-pyrrole nitrogens is 1. The van der Waals surface area contributed by atoms with Gasteiger partial charge < -0.3 is 45.7 Å². The maximum Gasteiger partial charge on any atom is 0.345 e. The van der Waals surface area contributed by atoms with Crippen LogP contribution in [-0.2, 0) is 21.6 Å². The minimum atomic E-state index is -2.30. The van der Waals surface area contributed by atoms with E-state index in [1.807, 2.05) is 12.1 Å². The van der Waals surface area contributed by atoms with Gasteiger partial charge in [-0.15, -0.1) is 0 Å². The Morgan fingerprint density at radius 1 is 0.943 bits per heavy atom. The van der Waals surface area contributed by atoms with E-state index in [1.165, 1.54) is 36.4 Å². The first-order valence-electron chi connectivity index (χ1n) is 17.2. The van der Waals surface area contributed by atoms with Gasteiger partial charge in [0.25, 0.3) is 11.8 Å². The number of nitrogens with one attached hydrogen (secondary N) is 3. The van der Waals surface area contributed by atoms with Crippen LogP contribution in [0.1, 0.15) is 45.1 Å². The van der Waals surface area contributed by atoms with Crippen LogP contribution in [0.4, 0.5) is 0 Å². The Morgan fingerprint density at radius 2 is 1.70 bits per heavy atom. The van der Waals surface area contributed by atoms with Crippen LogP contribution in [0.5, 0.6) is 11.5 Å². The van der Waals surface area contributed by atoms with Crippen molar-refractivity contribution in [3.05, 3.63) is 141 Å². The Morgan fingerprint density at radius 3 is 2.45 bits per heavy atom. The number of pyridine rings is 1. The third kappa shape index (κ3) is 8.39. The number of carboxylic acid groups (broad SMARTS) is 1. The molecule has 1 saturated heterocycles. The van der Waals surface area contributed by atoms with Gasteiger partial charge in [0.1, 0.15) is 11.5 Å². The molecule has 2 heterocycles. The second-order valence-electron chi connectivity index (χ2n) is 12.9. The number of rotatable bonds is 14. The Bertz CT molecular complexity index is 2160. The van der Waals surface area contributed by atoms with E-state index in [0.29, 0.717) is 49.0 Å². The number of aromatic hydroxyl groups is 1. The monoisotopic (exact) mass is 720 g/mol. The zero-order valence-electron chi connectivity index (χ0n) is 28.7. The van der Waals surface area contributed by atoms with Gasteiger partial charge in [0.2, 0.25) is 11.2 Å². The number of carbonyl (C=O) groups excluding carboxylic acids is 2. The van der Waals surface area contributed by atoms with Crippen molar-refractivity contribution in [3.8, 4) is 11.5 Å². The number of carbonyl (C=O) groups is 3. The van der Waals surface area contributed by atoms with Gasteiger partial charge >= 0.3 is 5.97 Å². The third-order valence-electron chi connectivity index (χ3n) is 9.40. The van der Waals surface area contributed by atoms with Gasteiger partial charge in [-0.05, 0) is 72.5 Å². The molecule has 1 aliphatic heterocycles. The highest BCUT2D eigenvalue weighted by Gasteiger charge is 2.40. The lowest BCUT2D eigenvalue weighted by Gasteiger charge is -2.25. The highest BCUT2D eigenvalue weighted by atomic mass is 16.5. The normalized spacial score (nSPS) is 15.8. The quantitative estimate of drug-likeness (QED) is 0.0837. The molecule has 5 aromatic rings. The van der Waals surface area contributed by atoms with E-state index in [-0.39, 0.29) is 64.7 Å². The highest BCUT2D eigenvalue weighted by Crippen LogP contribution is 2.32. The maximum absolute atomic E-state index is 13.0. The maximum atomic E-state index is 13.0. The molecule has 0 aliphatic carbocycles. The summed E-state index contributed by atoms with van der Waals surface area (Å²) in [5.41, 5.74) is -0.0296. The number of aliphatic hydroxyl groups excluding tert-OH is 1. The van der Waals surface area contributed by atoms with Crippen LogP contribution in [0.2, 0.25) is 0 Å². The van der Waals surface area contributed by atoms with Crippen LogP contribution in [0.15, 0.2) is 108 Å². The summed E-state index contributed by atoms with van der Waals surface area (Å²) in [5.74, 6) is -1.82. The van der Waals surface area contributed by atoms with Crippen molar-refractivity contribution < 1.29 is 39.5 Å². The summed E-state index contributed by atoms with van der Waals surface area (Å²) < 4.78 is 5.70. The van der Waals surface area contributed by atoms with E-state index in [2.05, 4.69) is 15.6 Å². The number of phenolic OH excluding ortho intramolecular Hbond substituents is 1. The molecular formula is C40H40N4O9. The first-order chi connectivity index (χ1) is 25.5. The first kappa shape index (κ1) is 36.8. The first-order valence-corrected chi connectivity index (χ1v) is 17.2. The number of aromatic amines is 1. The van der Waals surface area contributed by atoms with Crippen molar-refractivity contribution in [2.24, 2.45) is 0 Å². The molecule has 0 bridgehead atoms. The smallest absolute Gasteiger partial charge is 0.345 e. The lowest BCUT2D eigenvalue weighted by atomic mass is 9.86. The summed E-state index contributed by atoms with van der Waals surface area (Å²) in [5, 5.41) is 48.6. The van der Waals surface area contributed by atoms with Gasteiger partial charge in [0.05, 0.1) is 11.6 Å². The second kappa shape index (κ2) is 16.1. The SMILES string of the molecule is O=C(N[C@H]1CCN(C(=O)COc2cccc([C@](O)(C(=O)O)c3ccccc3)c2)C1)c1ccc(CCNC[C@H](O)c2ccc(O)c3[nH]c(=O)ccc23)cc1. The van der Waals surface area contributed by atoms with Crippen LogP contribution in [0.25, 0.3) is 10.9 Å². The number of hydrogen-bond acceptors (Lipinski definition) is 9. The predicted molar refractivity (Wildman–Crippen MR) is 196 cm³/mol. The molecule has 7 N–H and O–H groups in total. The zero-order valence-corrected chi connectivity index (χ0v) is 28.7. The summed E-state index contributed by atoms with van der Waals surface area (Å²) in [6.45, 7) is 1.27. The van der Waals surface area contributed by atoms with Gasteiger partial charge in [-0.25, -0.2) is 4.79 Å². The van der Waals surface area contributed by atoms with Gasteiger partial charge in [-0.1, -0.05) is 60.7 Å². The Hall–Kier alpha value is -6.02. The van der Waals surface area contributed by atoms with E-state index in [0.717, 1.165) is 5.56 Å². The largest absolute Gasteiger partial charge is 0.506 e. The summed E-state index contributed by atoms with van der Waals surface area (Å²) in [6.07, 6.45) is 0.357. The molecule has 13 nitrogen and oxygen atoms in total. The fraction of sp³-hybridized carbons (Fsp3) is 0.250. The molecule has 53 heavy (non-hydrogen) atoms. The number of benzene rings is 4. The average molecular weight is 721 g/mol. The minimum absolute atomic E-state index is 0.0681. The number of carboxylic acids is 1. The fourth-order valence-corrected chi connectivity index (χ4v) is 6.47. The van der Waals surface area contributed by atoms with Gasteiger partial charge in [-0.3, -0.25) is 14.4 Å². The highest BCUT2D eigenvalue weighted by molar-refractivity contribution is 5.94. The molecule has 1 aromatic heterocycles. The third-order valence-corrected chi connectivity index (χ3v) is 9.40. The molecule has 6 rings (SSSR count). The Kier molecular flexibility index (Phi) is 11.2. The van der Waals surface area contributed by atoms with Crippen LogP contribution in [0, 0.1) is 0 Å². The average Bonchev–Trinajstić information content (AvgIpc) is 3.64. The molecule has 1 fully saturated rings. The number of amides is 2. The van der Waals surface area contributed by atoms with Crippen molar-refractivity contribution in [2.75, 3.05) is 32.8 Å². The number of likely N-dealkylation sites (tertiary alicyclic amines) is 1. The van der Waals surface area contributed by atoms with Crippen LogP contribution < -0.4 is 20.9 Å². The summed E-state index contributed by atoms with van der Waals surface area (Å²) >= 11 is 0. The molecule has 0 saturated carbocycles. The Labute approximate surface area is 304 Å². The lowest BCUT2D eigenvalue weighted by molar-refractivity contribution is -0.155. The molecule has 13 heteroatoms. The number of nitrogens with zero attached hydrogens (tertiary/aromatic N) is 1. The molecule has 0 radical (unpaired) electrons. The van der Waals surface area contributed by atoms with Gasteiger partial charge in [0.15, 0.2) is 6.61 Å². The molecule has 3 atom stereocenters. The number of aromatic nitrogens is 1. The number of aliphatic carboxylic acids is 1. The van der Waals surface area contributed by atoms with E-state index in [1.54, 1.807) is 59.5 Å². The number of ether oxygens (including phenoxy) is 1. The number of aliphatic hydroxyl groups is 2. The van der Waals surface area contributed by atoms with E-state index in [9.17, 15) is 39.6 Å². The molecule has 4 aromatic carbocycles. The van der Waals surface area contributed by atoms with Gasteiger partial charge in [0, 0.05) is 48.3 Å². The summed E-state index contributed by atoms with van der Waals surface area (Å²) in [4.78, 5) is 53.9. The Balaban J connectivity index is 0.942. The van der Waals surface area contributed by atoms with E-state index in [4.69, 9.17) is 4.74 Å². The molecular weight excluding hydrogens is 680 g/mol. The zero-order chi connectivity index (χ0) is 37.5. The van der Waals surface area contributed by atoms with Crippen molar-refractivity contribution in [1.82, 2.24) is 20.5 Å². The molecule has 1 aliphatic rings. The van der Waals surface area contributed by atoms with Crippen molar-refractivity contribution in [2.45, 2.75) is 30.6 Å². The second-order valence-corrected chi connectivity index (χ2v) is 12.9. The van der Waals surface area contributed by atoms with Crippen LogP contribution in [-0.4, -0.2) is 86.9 Å². The lowest BCUT2D eigenvalue weighted by Crippen LogP contribution is -2.39. The molecule has 0 unspecified atom stereocenters. The van der Waals surface area contributed by atoms with Gasteiger partial charge in [-0.2, -0.15) is 0 Å². The minimum Gasteiger partial charge on any atom is -0.506 e. The molecule has 0 spiro atoms.